The summed E-state index contributed by atoms with van der Waals surface area (Å²) < 4.78 is 38.5. The quantitative estimate of drug-likeness (QED) is 0.460. The van der Waals surface area contributed by atoms with Crippen LogP contribution in [0.4, 0.5) is 13.2 Å². The number of rotatable bonds is 2. The van der Waals surface area contributed by atoms with Crippen molar-refractivity contribution in [2.45, 2.75) is 13.3 Å². The van der Waals surface area contributed by atoms with Crippen molar-refractivity contribution < 1.29 is 18.0 Å². The molecule has 0 unspecified atom stereocenters. The summed E-state index contributed by atoms with van der Waals surface area (Å²) in [5, 5.41) is -0.0224. The summed E-state index contributed by atoms with van der Waals surface area (Å²) in [7, 11) is 0. The number of benzene rings is 1. The SMILES string of the molecule is CC(=O)SCCC#Cc1ccc(F)c(F)c1F. The van der Waals surface area contributed by atoms with Crippen molar-refractivity contribution >= 4 is 16.9 Å². The zero-order valence-corrected chi connectivity index (χ0v) is 9.84. The van der Waals surface area contributed by atoms with E-state index < -0.39 is 17.5 Å². The zero-order chi connectivity index (χ0) is 12.8. The predicted molar refractivity (Wildman–Crippen MR) is 61.0 cm³/mol. The van der Waals surface area contributed by atoms with Crippen LogP contribution < -0.4 is 0 Å². The van der Waals surface area contributed by atoms with Gasteiger partial charge in [-0.1, -0.05) is 23.6 Å². The number of thioether (sulfide) groups is 1. The van der Waals surface area contributed by atoms with Crippen molar-refractivity contribution in [3.63, 3.8) is 0 Å². The normalized spacial score (nSPS) is 9.65. The van der Waals surface area contributed by atoms with Crippen LogP contribution in [0.2, 0.25) is 0 Å². The van der Waals surface area contributed by atoms with Gasteiger partial charge in [-0.3, -0.25) is 4.79 Å². The Morgan fingerprint density at radius 1 is 1.29 bits per heavy atom. The Hall–Kier alpha value is -1.41. The van der Waals surface area contributed by atoms with Gasteiger partial charge in [-0.15, -0.1) is 0 Å². The van der Waals surface area contributed by atoms with Crippen LogP contribution in [-0.2, 0) is 4.79 Å². The molecule has 17 heavy (non-hydrogen) atoms. The maximum Gasteiger partial charge on any atom is 0.195 e. The third-order valence-electron chi connectivity index (χ3n) is 1.79. The largest absolute Gasteiger partial charge is 0.288 e. The monoisotopic (exact) mass is 258 g/mol. The van der Waals surface area contributed by atoms with E-state index in [0.29, 0.717) is 12.2 Å². The van der Waals surface area contributed by atoms with E-state index in [-0.39, 0.29) is 10.7 Å². The highest BCUT2D eigenvalue weighted by atomic mass is 32.2. The van der Waals surface area contributed by atoms with Gasteiger partial charge in [-0.25, -0.2) is 13.2 Å². The van der Waals surface area contributed by atoms with Gasteiger partial charge in [0.25, 0.3) is 0 Å². The molecule has 1 aromatic rings. The zero-order valence-electron chi connectivity index (χ0n) is 9.02. The highest BCUT2D eigenvalue weighted by molar-refractivity contribution is 8.13. The van der Waals surface area contributed by atoms with E-state index in [0.717, 1.165) is 23.9 Å². The Kier molecular flexibility index (Phi) is 5.11. The molecule has 0 bridgehead atoms. The molecule has 1 nitrogen and oxygen atoms in total. The van der Waals surface area contributed by atoms with E-state index in [4.69, 9.17) is 0 Å². The van der Waals surface area contributed by atoms with Crippen LogP contribution in [0.3, 0.4) is 0 Å². The van der Waals surface area contributed by atoms with Crippen LogP contribution in [0.15, 0.2) is 12.1 Å². The van der Waals surface area contributed by atoms with Crippen LogP contribution in [0.5, 0.6) is 0 Å². The number of hydrogen-bond acceptors (Lipinski definition) is 2. The second kappa shape index (κ2) is 6.36. The van der Waals surface area contributed by atoms with Crippen LogP contribution in [0.25, 0.3) is 0 Å². The smallest absolute Gasteiger partial charge is 0.195 e. The minimum atomic E-state index is -1.52. The van der Waals surface area contributed by atoms with Gasteiger partial charge in [0.2, 0.25) is 0 Å². The molecule has 0 radical (unpaired) electrons. The molecule has 0 aromatic heterocycles. The van der Waals surface area contributed by atoms with Crippen molar-refractivity contribution in [2.24, 2.45) is 0 Å². The lowest BCUT2D eigenvalue weighted by molar-refractivity contribution is -0.109. The Bertz CT molecular complexity index is 489. The topological polar surface area (TPSA) is 17.1 Å². The van der Waals surface area contributed by atoms with Crippen molar-refractivity contribution in [1.82, 2.24) is 0 Å². The molecule has 1 aromatic carbocycles. The fraction of sp³-hybridized carbons (Fsp3) is 0.250. The van der Waals surface area contributed by atoms with Gasteiger partial charge in [0, 0.05) is 19.1 Å². The summed E-state index contributed by atoms with van der Waals surface area (Å²) in [6.07, 6.45) is 0.378. The first-order chi connectivity index (χ1) is 8.02. The van der Waals surface area contributed by atoms with Gasteiger partial charge in [0.15, 0.2) is 22.6 Å². The van der Waals surface area contributed by atoms with Crippen LogP contribution in [0, 0.1) is 29.3 Å². The molecule has 0 atom stereocenters. The Morgan fingerprint density at radius 2 is 2.00 bits per heavy atom. The van der Waals surface area contributed by atoms with Crippen LogP contribution in [-0.4, -0.2) is 10.9 Å². The van der Waals surface area contributed by atoms with E-state index in [1.807, 2.05) is 0 Å². The molecule has 1 rings (SSSR count). The number of carbonyl (C=O) groups excluding carboxylic acids is 1. The fourth-order valence-electron chi connectivity index (χ4n) is 1.03. The average Bonchev–Trinajstić information content (AvgIpc) is 2.28. The van der Waals surface area contributed by atoms with Gasteiger partial charge >= 0.3 is 0 Å². The summed E-state index contributed by atoms with van der Waals surface area (Å²) in [5.41, 5.74) is -0.184. The molecule has 0 heterocycles. The van der Waals surface area contributed by atoms with Gasteiger partial charge in [0.1, 0.15) is 0 Å². The van der Waals surface area contributed by atoms with Crippen molar-refractivity contribution in [3.05, 3.63) is 35.1 Å². The van der Waals surface area contributed by atoms with Gasteiger partial charge < -0.3 is 0 Å². The van der Waals surface area contributed by atoms with E-state index >= 15 is 0 Å². The van der Waals surface area contributed by atoms with Crippen molar-refractivity contribution in [1.29, 1.82) is 0 Å². The third kappa shape index (κ3) is 4.16. The molecule has 0 fully saturated rings. The van der Waals surface area contributed by atoms with Crippen molar-refractivity contribution in [2.75, 3.05) is 5.75 Å². The first kappa shape index (κ1) is 13.7. The van der Waals surface area contributed by atoms with E-state index in [9.17, 15) is 18.0 Å². The first-order valence-corrected chi connectivity index (χ1v) is 5.76. The van der Waals surface area contributed by atoms with Gasteiger partial charge in [0.05, 0.1) is 5.56 Å². The lowest BCUT2D eigenvalue weighted by Crippen LogP contribution is -1.93. The lowest BCUT2D eigenvalue weighted by atomic mass is 10.2. The van der Waals surface area contributed by atoms with Gasteiger partial charge in [-0.05, 0) is 12.1 Å². The molecule has 0 spiro atoms. The first-order valence-electron chi connectivity index (χ1n) is 4.78. The van der Waals surface area contributed by atoms with Crippen LogP contribution >= 0.6 is 11.8 Å². The molecule has 5 heteroatoms. The van der Waals surface area contributed by atoms with Crippen LogP contribution in [0.1, 0.15) is 18.9 Å². The minimum Gasteiger partial charge on any atom is -0.288 e. The Balaban J connectivity index is 2.66. The molecule has 0 aliphatic rings. The molecule has 0 saturated heterocycles. The molecular formula is C12H9F3OS. The standard InChI is InChI=1S/C12H9F3OS/c1-8(16)17-7-3-2-4-9-5-6-10(13)12(15)11(9)14/h5-6H,3,7H2,1H3. The fourth-order valence-corrected chi connectivity index (χ4v) is 1.52. The molecule has 0 saturated carbocycles. The maximum absolute atomic E-state index is 13.1. The predicted octanol–water partition coefficient (Wildman–Crippen LogP) is 3.13. The minimum absolute atomic E-state index is 0.0224. The van der Waals surface area contributed by atoms with E-state index in [1.54, 1.807) is 0 Å². The summed E-state index contributed by atoms with van der Waals surface area (Å²) in [6.45, 7) is 1.44. The molecule has 0 N–H and O–H groups in total. The summed E-state index contributed by atoms with van der Waals surface area (Å²) in [4.78, 5) is 10.6. The highest BCUT2D eigenvalue weighted by Gasteiger charge is 2.11. The number of hydrogen-bond donors (Lipinski definition) is 0. The summed E-state index contributed by atoms with van der Waals surface area (Å²) >= 11 is 1.11. The average molecular weight is 258 g/mol. The second-order valence-electron chi connectivity index (χ2n) is 3.11. The highest BCUT2D eigenvalue weighted by Crippen LogP contribution is 2.14. The molecule has 90 valence electrons. The third-order valence-corrected chi connectivity index (χ3v) is 2.61. The Morgan fingerprint density at radius 3 is 2.65 bits per heavy atom. The van der Waals surface area contributed by atoms with E-state index in [1.165, 1.54) is 6.92 Å². The van der Waals surface area contributed by atoms with E-state index in [2.05, 4.69) is 11.8 Å². The molecule has 0 amide bonds. The summed E-state index contributed by atoms with van der Waals surface area (Å²) in [6, 6.07) is 1.91. The number of carbonyl (C=O) groups is 1. The lowest BCUT2D eigenvalue weighted by Gasteiger charge is -1.96. The second-order valence-corrected chi connectivity index (χ2v) is 4.39. The number of halogens is 3. The molecular weight excluding hydrogens is 249 g/mol. The Labute approximate surface area is 101 Å². The van der Waals surface area contributed by atoms with Crippen molar-refractivity contribution in [3.8, 4) is 11.8 Å². The maximum atomic E-state index is 13.1. The molecule has 0 aliphatic heterocycles. The molecule has 0 aliphatic carbocycles. The summed E-state index contributed by atoms with van der Waals surface area (Å²) in [5.74, 6) is 1.45. The van der Waals surface area contributed by atoms with Gasteiger partial charge in [-0.2, -0.15) is 0 Å².